The van der Waals surface area contributed by atoms with Crippen molar-refractivity contribution < 1.29 is 27.5 Å². The van der Waals surface area contributed by atoms with Crippen molar-refractivity contribution in [1.29, 1.82) is 0 Å². The highest BCUT2D eigenvalue weighted by Gasteiger charge is 2.35. The summed E-state index contributed by atoms with van der Waals surface area (Å²) in [6.07, 6.45) is 5.13. The van der Waals surface area contributed by atoms with Gasteiger partial charge >= 0.3 is 0 Å². The standard InChI is InChI=1S/C31H34ClN3O6S/c1-42(38,39)35(25-15-16-28-29(18-25)41-21-40-28)20-30(36)34(19-23-11-5-8-14-26(23)32)27(17-22-9-3-2-4-10-22)31(37)33-24-12-6-7-13-24/h2-5,8-11,14-16,18,24,27H,6-7,12-13,17,19-21H2,1H3,(H,33,37)/t27-/m1/s1. The fraction of sp³-hybridized carbons (Fsp3) is 0.355. The number of carbonyl (C=O) groups is 2. The third-order valence-corrected chi connectivity index (χ3v) is 9.10. The molecule has 3 aromatic rings. The minimum Gasteiger partial charge on any atom is -0.454 e. The number of hydrogen-bond acceptors (Lipinski definition) is 6. The normalized spacial score (nSPS) is 15.3. The summed E-state index contributed by atoms with van der Waals surface area (Å²) in [5.41, 5.74) is 1.77. The van der Waals surface area contributed by atoms with Gasteiger partial charge in [0.25, 0.3) is 0 Å². The molecule has 5 rings (SSSR count). The van der Waals surface area contributed by atoms with E-state index in [-0.39, 0.29) is 37.4 Å². The van der Waals surface area contributed by atoms with Gasteiger partial charge in [-0.15, -0.1) is 0 Å². The molecule has 0 aromatic heterocycles. The average Bonchev–Trinajstić information content (AvgIpc) is 3.66. The minimum absolute atomic E-state index is 0.0207. The van der Waals surface area contributed by atoms with E-state index >= 15 is 0 Å². The zero-order valence-corrected chi connectivity index (χ0v) is 24.9. The van der Waals surface area contributed by atoms with Crippen LogP contribution in [0.5, 0.6) is 11.5 Å². The van der Waals surface area contributed by atoms with Gasteiger partial charge in [0.2, 0.25) is 28.6 Å². The molecule has 1 aliphatic heterocycles. The lowest BCUT2D eigenvalue weighted by Gasteiger charge is -2.34. The van der Waals surface area contributed by atoms with Gasteiger partial charge in [-0.1, -0.05) is 73.0 Å². The molecule has 2 aliphatic rings. The number of nitrogens with one attached hydrogen (secondary N) is 1. The van der Waals surface area contributed by atoms with Crippen LogP contribution in [-0.2, 0) is 32.6 Å². The molecule has 1 fully saturated rings. The van der Waals surface area contributed by atoms with Crippen molar-refractivity contribution in [2.24, 2.45) is 0 Å². The summed E-state index contributed by atoms with van der Waals surface area (Å²) in [7, 11) is -3.91. The van der Waals surface area contributed by atoms with Crippen molar-refractivity contribution in [3.05, 3.63) is 88.9 Å². The summed E-state index contributed by atoms with van der Waals surface area (Å²) in [6, 6.07) is 20.4. The first-order valence-electron chi connectivity index (χ1n) is 13.9. The molecular weight excluding hydrogens is 578 g/mol. The van der Waals surface area contributed by atoms with E-state index in [2.05, 4.69) is 5.32 Å². The summed E-state index contributed by atoms with van der Waals surface area (Å²) in [4.78, 5) is 29.6. The Morgan fingerprint density at radius 3 is 2.38 bits per heavy atom. The third kappa shape index (κ3) is 7.17. The largest absolute Gasteiger partial charge is 0.454 e. The highest BCUT2D eigenvalue weighted by molar-refractivity contribution is 7.92. The van der Waals surface area contributed by atoms with Gasteiger partial charge < -0.3 is 19.7 Å². The van der Waals surface area contributed by atoms with Crippen LogP contribution in [-0.4, -0.2) is 56.8 Å². The highest BCUT2D eigenvalue weighted by Crippen LogP contribution is 2.36. The van der Waals surface area contributed by atoms with Crippen molar-refractivity contribution >= 4 is 39.1 Å². The molecule has 3 aromatic carbocycles. The van der Waals surface area contributed by atoms with Crippen molar-refractivity contribution in [3.63, 3.8) is 0 Å². The number of hydrogen-bond donors (Lipinski definition) is 1. The number of amides is 2. The first-order chi connectivity index (χ1) is 20.2. The molecule has 42 heavy (non-hydrogen) atoms. The number of sulfonamides is 1. The Balaban J connectivity index is 1.51. The van der Waals surface area contributed by atoms with Crippen LogP contribution < -0.4 is 19.1 Å². The molecule has 0 unspecified atom stereocenters. The number of ether oxygens (including phenoxy) is 2. The number of halogens is 1. The van der Waals surface area contributed by atoms with E-state index in [1.54, 1.807) is 30.3 Å². The molecule has 0 bridgehead atoms. The van der Waals surface area contributed by atoms with Crippen LogP contribution in [0, 0.1) is 0 Å². The van der Waals surface area contributed by atoms with E-state index in [1.807, 2.05) is 36.4 Å². The molecule has 0 spiro atoms. The Kier molecular flexibility index (Phi) is 9.23. The Morgan fingerprint density at radius 2 is 1.67 bits per heavy atom. The predicted molar refractivity (Wildman–Crippen MR) is 161 cm³/mol. The molecule has 0 radical (unpaired) electrons. The molecule has 9 nitrogen and oxygen atoms in total. The summed E-state index contributed by atoms with van der Waals surface area (Å²) < 4.78 is 37.8. The smallest absolute Gasteiger partial charge is 0.244 e. The fourth-order valence-electron chi connectivity index (χ4n) is 5.39. The van der Waals surface area contributed by atoms with Crippen molar-refractivity contribution in [2.75, 3.05) is 23.9 Å². The minimum atomic E-state index is -3.91. The van der Waals surface area contributed by atoms with Crippen LogP contribution in [0.3, 0.4) is 0 Å². The second-order valence-corrected chi connectivity index (χ2v) is 12.9. The lowest BCUT2D eigenvalue weighted by atomic mass is 10.0. The van der Waals surface area contributed by atoms with Crippen molar-refractivity contribution in [3.8, 4) is 11.5 Å². The number of nitrogens with zero attached hydrogens (tertiary/aromatic N) is 2. The SMILES string of the molecule is CS(=O)(=O)N(CC(=O)N(Cc1ccccc1Cl)[C@H](Cc1ccccc1)C(=O)NC1CCCC1)c1ccc2c(c1)OCO2. The zero-order valence-electron chi connectivity index (χ0n) is 23.4. The lowest BCUT2D eigenvalue weighted by molar-refractivity contribution is -0.140. The Labute approximate surface area is 251 Å². The Morgan fingerprint density at radius 1 is 0.976 bits per heavy atom. The van der Waals surface area contributed by atoms with Gasteiger partial charge in [-0.2, -0.15) is 0 Å². The van der Waals surface area contributed by atoms with Crippen molar-refractivity contribution in [1.82, 2.24) is 10.2 Å². The molecule has 222 valence electrons. The first-order valence-corrected chi connectivity index (χ1v) is 16.2. The van der Waals surface area contributed by atoms with Gasteiger partial charge in [-0.3, -0.25) is 13.9 Å². The summed E-state index contributed by atoms with van der Waals surface area (Å²) in [6.45, 7) is -0.475. The van der Waals surface area contributed by atoms with Crippen LogP contribution in [0.1, 0.15) is 36.8 Å². The molecule has 1 N–H and O–H groups in total. The summed E-state index contributed by atoms with van der Waals surface area (Å²) >= 11 is 6.51. The first kappa shape index (κ1) is 29.7. The topological polar surface area (TPSA) is 105 Å². The Hall–Kier alpha value is -3.76. The zero-order chi connectivity index (χ0) is 29.7. The average molecular weight is 612 g/mol. The lowest BCUT2D eigenvalue weighted by Crippen LogP contribution is -2.54. The molecular formula is C31H34ClN3O6S. The number of benzene rings is 3. The van der Waals surface area contributed by atoms with Gasteiger partial charge in [-0.05, 0) is 42.2 Å². The van der Waals surface area contributed by atoms with E-state index in [0.29, 0.717) is 22.1 Å². The summed E-state index contributed by atoms with van der Waals surface area (Å²) in [5.74, 6) is 0.0606. The molecule has 1 atom stereocenters. The molecule has 2 amide bonds. The van der Waals surface area contributed by atoms with Crippen LogP contribution >= 0.6 is 11.6 Å². The van der Waals surface area contributed by atoms with Gasteiger partial charge in [0.15, 0.2) is 11.5 Å². The molecule has 0 saturated heterocycles. The number of anilines is 1. The van der Waals surface area contributed by atoms with Gasteiger partial charge in [0.1, 0.15) is 12.6 Å². The second kappa shape index (κ2) is 13.0. The van der Waals surface area contributed by atoms with E-state index in [9.17, 15) is 18.0 Å². The van der Waals surface area contributed by atoms with Crippen LogP contribution in [0.4, 0.5) is 5.69 Å². The van der Waals surface area contributed by atoms with E-state index in [4.69, 9.17) is 21.1 Å². The van der Waals surface area contributed by atoms with E-state index < -0.39 is 28.5 Å². The molecule has 1 saturated carbocycles. The van der Waals surface area contributed by atoms with Crippen molar-refractivity contribution in [2.45, 2.75) is 50.7 Å². The van der Waals surface area contributed by atoms with Gasteiger partial charge in [0.05, 0.1) is 11.9 Å². The number of rotatable bonds is 11. The molecule has 11 heteroatoms. The summed E-state index contributed by atoms with van der Waals surface area (Å²) in [5, 5.41) is 3.60. The highest BCUT2D eigenvalue weighted by atomic mass is 35.5. The molecule has 1 heterocycles. The van der Waals surface area contributed by atoms with E-state index in [1.165, 1.54) is 11.0 Å². The fourth-order valence-corrected chi connectivity index (χ4v) is 6.42. The third-order valence-electron chi connectivity index (χ3n) is 7.59. The molecule has 1 aliphatic carbocycles. The monoisotopic (exact) mass is 611 g/mol. The van der Waals surface area contributed by atoms with Gasteiger partial charge in [0, 0.05) is 30.1 Å². The van der Waals surface area contributed by atoms with Gasteiger partial charge in [-0.25, -0.2) is 8.42 Å². The van der Waals surface area contributed by atoms with Crippen LogP contribution in [0.25, 0.3) is 0 Å². The Bertz CT molecular complexity index is 1530. The maximum absolute atomic E-state index is 14.2. The maximum atomic E-state index is 14.2. The number of carbonyl (C=O) groups excluding carboxylic acids is 2. The predicted octanol–water partition coefficient (Wildman–Crippen LogP) is 4.53. The van der Waals surface area contributed by atoms with Crippen LogP contribution in [0.2, 0.25) is 5.02 Å². The maximum Gasteiger partial charge on any atom is 0.244 e. The number of fused-ring (bicyclic) bond motifs is 1. The van der Waals surface area contributed by atoms with E-state index in [0.717, 1.165) is 41.8 Å². The second-order valence-electron chi connectivity index (χ2n) is 10.6. The quantitative estimate of drug-likeness (QED) is 0.342. The van der Waals surface area contributed by atoms with Crippen LogP contribution in [0.15, 0.2) is 72.8 Å².